The first-order valence-corrected chi connectivity index (χ1v) is 9.12. The van der Waals surface area contributed by atoms with Crippen LogP contribution >= 0.6 is 0 Å². The van der Waals surface area contributed by atoms with Crippen molar-refractivity contribution in [2.24, 2.45) is 0 Å². The van der Waals surface area contributed by atoms with Crippen LogP contribution < -0.4 is 16.0 Å². The monoisotopic (exact) mass is 375 g/mol. The van der Waals surface area contributed by atoms with Crippen LogP contribution in [0.1, 0.15) is 11.3 Å². The second kappa shape index (κ2) is 8.92. The number of benzene rings is 1. The molecule has 8 nitrogen and oxygen atoms in total. The number of nitrogens with zero attached hydrogens (tertiary/aromatic N) is 4. The van der Waals surface area contributed by atoms with E-state index in [0.717, 1.165) is 18.8 Å². The van der Waals surface area contributed by atoms with Crippen molar-refractivity contribution in [3.63, 3.8) is 0 Å². The van der Waals surface area contributed by atoms with E-state index in [1.807, 2.05) is 30.3 Å². The predicted octanol–water partition coefficient (Wildman–Crippen LogP) is 2.83. The van der Waals surface area contributed by atoms with Crippen molar-refractivity contribution < 1.29 is 4.42 Å². The number of hydrogen-bond donors (Lipinski definition) is 3. The predicted molar refractivity (Wildman–Crippen MR) is 108 cm³/mol. The first-order valence-electron chi connectivity index (χ1n) is 9.12. The van der Waals surface area contributed by atoms with Crippen molar-refractivity contribution in [1.29, 1.82) is 0 Å². The third-order valence-electron chi connectivity index (χ3n) is 4.10. The Hall–Kier alpha value is -3.52. The maximum absolute atomic E-state index is 5.33. The number of fused-ring (bicyclic) bond motifs is 1. The molecule has 8 heteroatoms. The highest BCUT2D eigenvalue weighted by atomic mass is 16.3. The molecule has 3 aromatic heterocycles. The molecule has 142 valence electrons. The van der Waals surface area contributed by atoms with E-state index in [1.54, 1.807) is 18.7 Å². The fourth-order valence-electron chi connectivity index (χ4n) is 2.74. The van der Waals surface area contributed by atoms with Crippen LogP contribution in [-0.4, -0.2) is 33.0 Å². The largest absolute Gasteiger partial charge is 0.467 e. The molecule has 0 saturated carbocycles. The molecule has 0 spiro atoms. The van der Waals surface area contributed by atoms with E-state index in [-0.39, 0.29) is 0 Å². The molecule has 1 aromatic carbocycles. The summed E-state index contributed by atoms with van der Waals surface area (Å²) < 4.78 is 5.33. The van der Waals surface area contributed by atoms with Gasteiger partial charge in [-0.1, -0.05) is 30.3 Å². The Morgan fingerprint density at radius 2 is 1.71 bits per heavy atom. The van der Waals surface area contributed by atoms with Crippen LogP contribution in [0, 0.1) is 0 Å². The van der Waals surface area contributed by atoms with E-state index < -0.39 is 0 Å². The third kappa shape index (κ3) is 4.60. The van der Waals surface area contributed by atoms with E-state index in [2.05, 4.69) is 48.0 Å². The van der Waals surface area contributed by atoms with Gasteiger partial charge < -0.3 is 20.4 Å². The number of nitrogens with one attached hydrogen (secondary N) is 3. The molecule has 3 heterocycles. The molecular formula is C20H21N7O. The van der Waals surface area contributed by atoms with Gasteiger partial charge in [0.1, 0.15) is 5.76 Å². The van der Waals surface area contributed by atoms with Crippen molar-refractivity contribution in [2.45, 2.75) is 13.1 Å². The average molecular weight is 375 g/mol. The summed E-state index contributed by atoms with van der Waals surface area (Å²) in [5.74, 6) is 1.94. The average Bonchev–Trinajstić information content (AvgIpc) is 3.26. The van der Waals surface area contributed by atoms with Crippen molar-refractivity contribution >= 4 is 22.9 Å². The van der Waals surface area contributed by atoms with Gasteiger partial charge in [-0.3, -0.25) is 0 Å². The van der Waals surface area contributed by atoms with Crippen molar-refractivity contribution in [3.05, 3.63) is 72.4 Å². The Balaban J connectivity index is 1.38. The Bertz CT molecular complexity index is 1010. The van der Waals surface area contributed by atoms with E-state index >= 15 is 0 Å². The molecule has 0 aliphatic heterocycles. The van der Waals surface area contributed by atoms with E-state index in [1.165, 1.54) is 5.56 Å². The van der Waals surface area contributed by atoms with Gasteiger partial charge in [-0.15, -0.1) is 0 Å². The van der Waals surface area contributed by atoms with Gasteiger partial charge >= 0.3 is 0 Å². The number of furan rings is 1. The summed E-state index contributed by atoms with van der Waals surface area (Å²) in [6, 6.07) is 14.0. The zero-order chi connectivity index (χ0) is 19.0. The van der Waals surface area contributed by atoms with Crippen LogP contribution in [0.15, 0.2) is 65.5 Å². The van der Waals surface area contributed by atoms with Crippen LogP contribution in [0.2, 0.25) is 0 Å². The van der Waals surface area contributed by atoms with Crippen LogP contribution in [0.5, 0.6) is 0 Å². The number of anilines is 2. The lowest BCUT2D eigenvalue weighted by molar-refractivity contribution is 0.517. The molecule has 3 N–H and O–H groups in total. The summed E-state index contributed by atoms with van der Waals surface area (Å²) in [6.45, 7) is 2.81. The highest BCUT2D eigenvalue weighted by Gasteiger charge is 2.10. The minimum Gasteiger partial charge on any atom is -0.467 e. The van der Waals surface area contributed by atoms with Crippen molar-refractivity contribution in [3.8, 4) is 0 Å². The molecule has 4 aromatic rings. The Morgan fingerprint density at radius 1 is 0.821 bits per heavy atom. The zero-order valence-electron chi connectivity index (χ0n) is 15.3. The third-order valence-corrected chi connectivity index (χ3v) is 4.10. The number of rotatable bonds is 9. The molecule has 0 unspecified atom stereocenters. The molecule has 0 amide bonds. The Kier molecular flexibility index (Phi) is 5.69. The van der Waals surface area contributed by atoms with Crippen LogP contribution in [0.4, 0.5) is 11.8 Å². The lowest BCUT2D eigenvalue weighted by atomic mass is 10.2. The number of aromatic nitrogens is 4. The van der Waals surface area contributed by atoms with Gasteiger partial charge in [0, 0.05) is 32.0 Å². The summed E-state index contributed by atoms with van der Waals surface area (Å²) in [4.78, 5) is 17.6. The fourth-order valence-corrected chi connectivity index (χ4v) is 2.74. The first-order chi connectivity index (χ1) is 13.9. The minimum absolute atomic E-state index is 0.476. The van der Waals surface area contributed by atoms with Crippen molar-refractivity contribution in [1.82, 2.24) is 25.3 Å². The smallest absolute Gasteiger partial charge is 0.227 e. The van der Waals surface area contributed by atoms with Crippen LogP contribution in [0.25, 0.3) is 11.2 Å². The summed E-state index contributed by atoms with van der Waals surface area (Å²) in [5.41, 5.74) is 2.44. The standard InChI is InChI=1S/C20H21N7O/c1-2-5-15(6-3-1)13-21-8-9-23-18-17-19(24-11-10-22-17)27-20(26-18)25-14-16-7-4-12-28-16/h1-7,10-12,21H,8-9,13-14H2,(H2,23,24,25,26,27). The molecule has 0 saturated heterocycles. The maximum atomic E-state index is 5.33. The summed E-state index contributed by atoms with van der Waals surface area (Å²) in [7, 11) is 0. The Morgan fingerprint density at radius 3 is 2.57 bits per heavy atom. The maximum Gasteiger partial charge on any atom is 0.227 e. The second-order valence-corrected chi connectivity index (χ2v) is 6.15. The SMILES string of the molecule is c1ccc(CNCCNc2nc(NCc3ccco3)nc3nccnc23)cc1. The first kappa shape index (κ1) is 17.9. The van der Waals surface area contributed by atoms with Gasteiger partial charge in [0.15, 0.2) is 17.0 Å². The molecule has 4 rings (SSSR count). The summed E-state index contributed by atoms with van der Waals surface area (Å²) in [6.07, 6.45) is 4.90. The zero-order valence-corrected chi connectivity index (χ0v) is 15.3. The lowest BCUT2D eigenvalue weighted by Gasteiger charge is -2.11. The van der Waals surface area contributed by atoms with Crippen LogP contribution in [-0.2, 0) is 13.1 Å². The molecule has 0 radical (unpaired) electrons. The lowest BCUT2D eigenvalue weighted by Crippen LogP contribution is -2.22. The molecule has 0 bridgehead atoms. The minimum atomic E-state index is 0.476. The van der Waals surface area contributed by atoms with E-state index in [0.29, 0.717) is 36.0 Å². The second-order valence-electron chi connectivity index (χ2n) is 6.15. The van der Waals surface area contributed by atoms with Crippen LogP contribution in [0.3, 0.4) is 0 Å². The molecule has 28 heavy (non-hydrogen) atoms. The summed E-state index contributed by atoms with van der Waals surface area (Å²) >= 11 is 0. The molecular weight excluding hydrogens is 354 g/mol. The fraction of sp³-hybridized carbons (Fsp3) is 0.200. The highest BCUT2D eigenvalue weighted by molar-refractivity contribution is 5.83. The quantitative estimate of drug-likeness (QED) is 0.384. The highest BCUT2D eigenvalue weighted by Crippen LogP contribution is 2.18. The topological polar surface area (TPSA) is 101 Å². The number of hydrogen-bond acceptors (Lipinski definition) is 8. The van der Waals surface area contributed by atoms with Gasteiger partial charge in [0.05, 0.1) is 12.8 Å². The summed E-state index contributed by atoms with van der Waals surface area (Å²) in [5, 5.41) is 9.90. The normalized spacial score (nSPS) is 10.9. The molecule has 0 aliphatic carbocycles. The van der Waals surface area contributed by atoms with Gasteiger partial charge in [-0.05, 0) is 17.7 Å². The molecule has 0 fully saturated rings. The Labute approximate surface area is 162 Å². The van der Waals surface area contributed by atoms with E-state index in [4.69, 9.17) is 4.42 Å². The van der Waals surface area contributed by atoms with Crippen molar-refractivity contribution in [2.75, 3.05) is 23.7 Å². The molecule has 0 aliphatic rings. The van der Waals surface area contributed by atoms with Gasteiger partial charge in [0.25, 0.3) is 0 Å². The van der Waals surface area contributed by atoms with Gasteiger partial charge in [-0.25, -0.2) is 9.97 Å². The molecule has 0 atom stereocenters. The van der Waals surface area contributed by atoms with Gasteiger partial charge in [-0.2, -0.15) is 9.97 Å². The van der Waals surface area contributed by atoms with E-state index in [9.17, 15) is 0 Å². The van der Waals surface area contributed by atoms with Gasteiger partial charge in [0.2, 0.25) is 5.95 Å².